The minimum atomic E-state index is 0.0190. The zero-order valence-corrected chi connectivity index (χ0v) is 17.5. The van der Waals surface area contributed by atoms with Crippen molar-refractivity contribution in [3.63, 3.8) is 0 Å². The lowest BCUT2D eigenvalue weighted by Crippen LogP contribution is -2.56. The second-order valence-electron chi connectivity index (χ2n) is 8.33. The Morgan fingerprint density at radius 2 is 1.81 bits per heavy atom. The third-order valence-corrected chi connectivity index (χ3v) is 6.14. The van der Waals surface area contributed by atoms with Crippen molar-refractivity contribution in [2.75, 3.05) is 31.1 Å². The van der Waals surface area contributed by atoms with E-state index in [1.54, 1.807) is 17.2 Å². The molecule has 0 unspecified atom stereocenters. The third kappa shape index (κ3) is 4.59. The Balaban J connectivity index is 1.07. The number of nitrogens with zero attached hydrogens (tertiary/aromatic N) is 6. The fraction of sp³-hybridized carbons (Fsp3) is 0.391. The Morgan fingerprint density at radius 3 is 2.55 bits per heavy atom. The maximum Gasteiger partial charge on any atom is 0.226 e. The van der Waals surface area contributed by atoms with Gasteiger partial charge in [0.1, 0.15) is 12.1 Å². The Labute approximate surface area is 181 Å². The maximum atomic E-state index is 12.7. The van der Waals surface area contributed by atoms with E-state index in [4.69, 9.17) is 0 Å². The van der Waals surface area contributed by atoms with Crippen molar-refractivity contribution >= 4 is 11.7 Å². The second-order valence-corrected chi connectivity index (χ2v) is 8.33. The molecule has 2 aliphatic heterocycles. The van der Waals surface area contributed by atoms with Crippen LogP contribution in [0.1, 0.15) is 18.4 Å². The minimum Gasteiger partial charge on any atom is -0.355 e. The predicted octanol–water partition coefficient (Wildman–Crippen LogP) is 1.88. The molecule has 160 valence electrons. The van der Waals surface area contributed by atoms with Gasteiger partial charge in [0, 0.05) is 57.2 Å². The summed E-state index contributed by atoms with van der Waals surface area (Å²) in [5.74, 6) is 1.74. The monoisotopic (exact) mass is 417 g/mol. The minimum absolute atomic E-state index is 0.0190. The van der Waals surface area contributed by atoms with Gasteiger partial charge in [-0.3, -0.25) is 9.69 Å². The van der Waals surface area contributed by atoms with Crippen molar-refractivity contribution in [3.8, 4) is 5.82 Å². The van der Waals surface area contributed by atoms with Crippen LogP contribution < -0.4 is 10.2 Å². The lowest BCUT2D eigenvalue weighted by atomic mass is 9.97. The summed E-state index contributed by atoms with van der Waals surface area (Å²) in [7, 11) is 0. The van der Waals surface area contributed by atoms with E-state index in [0.717, 1.165) is 44.1 Å². The molecule has 0 saturated carbocycles. The fourth-order valence-electron chi connectivity index (χ4n) is 4.27. The summed E-state index contributed by atoms with van der Waals surface area (Å²) >= 11 is 0. The van der Waals surface area contributed by atoms with E-state index in [9.17, 15) is 4.79 Å². The third-order valence-electron chi connectivity index (χ3n) is 6.14. The molecular formula is C23H27N7O. The average Bonchev–Trinajstić information content (AvgIpc) is 3.30. The standard InChI is InChI=1S/C23H27N7O/c31-23(27-20-7-11-28(12-8-20)14-18-5-2-1-3-6-18)19-15-29(16-19)21-13-22(25-17-24-21)30-10-4-9-26-30/h1-6,9-10,13,17,19-20H,7-8,11-12,14-16H2,(H,27,31). The number of amides is 1. The summed E-state index contributed by atoms with van der Waals surface area (Å²) in [6.07, 6.45) is 7.13. The first-order chi connectivity index (χ1) is 15.2. The summed E-state index contributed by atoms with van der Waals surface area (Å²) in [4.78, 5) is 25.9. The van der Waals surface area contributed by atoms with Gasteiger partial charge in [0.15, 0.2) is 5.82 Å². The molecule has 1 amide bonds. The molecule has 2 fully saturated rings. The molecule has 2 saturated heterocycles. The van der Waals surface area contributed by atoms with Gasteiger partial charge in [0.25, 0.3) is 0 Å². The van der Waals surface area contributed by atoms with Crippen LogP contribution in [0.5, 0.6) is 0 Å². The second kappa shape index (κ2) is 8.85. The lowest BCUT2D eigenvalue weighted by Gasteiger charge is -2.40. The van der Waals surface area contributed by atoms with Gasteiger partial charge >= 0.3 is 0 Å². The molecule has 1 N–H and O–H groups in total. The van der Waals surface area contributed by atoms with E-state index in [1.807, 2.05) is 18.3 Å². The molecule has 2 aromatic heterocycles. The van der Waals surface area contributed by atoms with Gasteiger partial charge in [0.2, 0.25) is 5.91 Å². The van der Waals surface area contributed by atoms with Crippen molar-refractivity contribution in [1.29, 1.82) is 0 Å². The average molecular weight is 418 g/mol. The number of anilines is 1. The van der Waals surface area contributed by atoms with E-state index >= 15 is 0 Å². The molecular weight excluding hydrogens is 390 g/mol. The number of piperidine rings is 1. The van der Waals surface area contributed by atoms with Gasteiger partial charge < -0.3 is 10.2 Å². The number of hydrogen-bond acceptors (Lipinski definition) is 6. The van der Waals surface area contributed by atoms with Crippen LogP contribution in [0, 0.1) is 5.92 Å². The molecule has 8 nitrogen and oxygen atoms in total. The highest BCUT2D eigenvalue weighted by atomic mass is 16.2. The zero-order chi connectivity index (χ0) is 21.0. The molecule has 0 aliphatic carbocycles. The van der Waals surface area contributed by atoms with Crippen LogP contribution in [0.3, 0.4) is 0 Å². The molecule has 5 rings (SSSR count). The first kappa shape index (κ1) is 19.7. The fourth-order valence-corrected chi connectivity index (χ4v) is 4.27. The Hall–Kier alpha value is -3.26. The van der Waals surface area contributed by atoms with Crippen LogP contribution in [0.25, 0.3) is 5.82 Å². The molecule has 3 aromatic rings. The van der Waals surface area contributed by atoms with E-state index in [2.05, 4.69) is 60.5 Å². The van der Waals surface area contributed by atoms with E-state index in [-0.39, 0.29) is 17.9 Å². The van der Waals surface area contributed by atoms with Gasteiger partial charge in [-0.15, -0.1) is 0 Å². The zero-order valence-electron chi connectivity index (χ0n) is 17.5. The molecule has 0 radical (unpaired) electrons. The topological polar surface area (TPSA) is 79.2 Å². The predicted molar refractivity (Wildman–Crippen MR) is 118 cm³/mol. The van der Waals surface area contributed by atoms with Gasteiger partial charge in [-0.2, -0.15) is 5.10 Å². The van der Waals surface area contributed by atoms with Crippen molar-refractivity contribution in [1.82, 2.24) is 30.0 Å². The molecule has 0 spiro atoms. The molecule has 0 atom stereocenters. The number of rotatable bonds is 6. The first-order valence-corrected chi connectivity index (χ1v) is 10.9. The van der Waals surface area contributed by atoms with E-state index in [1.165, 1.54) is 5.56 Å². The number of nitrogens with one attached hydrogen (secondary N) is 1. The quantitative estimate of drug-likeness (QED) is 0.660. The summed E-state index contributed by atoms with van der Waals surface area (Å²) in [5, 5.41) is 7.48. The maximum absolute atomic E-state index is 12.7. The Bertz CT molecular complexity index is 994. The molecule has 31 heavy (non-hydrogen) atoms. The highest BCUT2D eigenvalue weighted by Crippen LogP contribution is 2.24. The van der Waals surface area contributed by atoms with Crippen molar-refractivity contribution in [2.45, 2.75) is 25.4 Å². The van der Waals surface area contributed by atoms with Gasteiger partial charge in [-0.25, -0.2) is 14.6 Å². The van der Waals surface area contributed by atoms with Crippen molar-refractivity contribution in [3.05, 3.63) is 66.7 Å². The molecule has 1 aromatic carbocycles. The number of carbonyl (C=O) groups is 1. The Kier molecular flexibility index (Phi) is 5.62. The SMILES string of the molecule is O=C(NC1CCN(Cc2ccccc2)CC1)C1CN(c2cc(-n3cccn3)ncn2)C1. The normalized spacial score (nSPS) is 18.0. The van der Waals surface area contributed by atoms with Crippen LogP contribution in [0.15, 0.2) is 61.2 Å². The smallest absolute Gasteiger partial charge is 0.226 e. The van der Waals surface area contributed by atoms with E-state index < -0.39 is 0 Å². The Morgan fingerprint density at radius 1 is 1.03 bits per heavy atom. The van der Waals surface area contributed by atoms with Gasteiger partial charge in [0.05, 0.1) is 5.92 Å². The van der Waals surface area contributed by atoms with Crippen LogP contribution in [0.2, 0.25) is 0 Å². The summed E-state index contributed by atoms with van der Waals surface area (Å²) < 4.78 is 1.71. The van der Waals surface area contributed by atoms with Crippen molar-refractivity contribution < 1.29 is 4.79 Å². The summed E-state index contributed by atoms with van der Waals surface area (Å²) in [6, 6.07) is 14.6. The number of hydrogen-bond donors (Lipinski definition) is 1. The van der Waals surface area contributed by atoms with Gasteiger partial charge in [-0.1, -0.05) is 30.3 Å². The van der Waals surface area contributed by atoms with E-state index in [0.29, 0.717) is 13.1 Å². The highest BCUT2D eigenvalue weighted by molar-refractivity contribution is 5.82. The van der Waals surface area contributed by atoms with Crippen LogP contribution in [-0.2, 0) is 11.3 Å². The van der Waals surface area contributed by atoms with Crippen LogP contribution >= 0.6 is 0 Å². The van der Waals surface area contributed by atoms with Gasteiger partial charge in [-0.05, 0) is 24.5 Å². The van der Waals surface area contributed by atoms with Crippen LogP contribution in [0.4, 0.5) is 5.82 Å². The molecule has 8 heteroatoms. The first-order valence-electron chi connectivity index (χ1n) is 10.9. The lowest BCUT2D eigenvalue weighted by molar-refractivity contribution is -0.126. The molecule has 2 aliphatic rings. The summed E-state index contributed by atoms with van der Waals surface area (Å²) in [6.45, 7) is 4.41. The molecule has 0 bridgehead atoms. The number of benzene rings is 1. The summed E-state index contributed by atoms with van der Waals surface area (Å²) in [5.41, 5.74) is 1.35. The number of carbonyl (C=O) groups excluding carboxylic acids is 1. The highest BCUT2D eigenvalue weighted by Gasteiger charge is 2.35. The van der Waals surface area contributed by atoms with Crippen LogP contribution in [-0.4, -0.2) is 62.8 Å². The molecule has 4 heterocycles. The number of likely N-dealkylation sites (tertiary alicyclic amines) is 1. The number of aromatic nitrogens is 4. The van der Waals surface area contributed by atoms with Crippen molar-refractivity contribution in [2.24, 2.45) is 5.92 Å². The largest absolute Gasteiger partial charge is 0.355 e.